The van der Waals surface area contributed by atoms with E-state index in [1.807, 2.05) is 13.0 Å². The molecule has 152 valence electrons. The molecular formula is C18H23FN4O4S. The number of nitrogens with zero attached hydrogens (tertiary/aromatic N) is 3. The quantitative estimate of drug-likeness (QED) is 0.742. The predicted molar refractivity (Wildman–Crippen MR) is 101 cm³/mol. The molecule has 3 rings (SSSR count). The van der Waals surface area contributed by atoms with E-state index < -0.39 is 15.8 Å². The van der Waals surface area contributed by atoms with Gasteiger partial charge in [0.1, 0.15) is 11.6 Å². The van der Waals surface area contributed by atoms with E-state index in [1.165, 1.54) is 12.1 Å². The second kappa shape index (κ2) is 8.80. The molecule has 1 aromatic heterocycles. The number of anilines is 1. The Balaban J connectivity index is 1.73. The Kier molecular flexibility index (Phi) is 6.42. The molecule has 0 spiro atoms. The molecule has 10 heteroatoms. The highest BCUT2D eigenvalue weighted by molar-refractivity contribution is 7.89. The summed E-state index contributed by atoms with van der Waals surface area (Å²) in [5.74, 6) is 0.360. The molecule has 1 N–H and O–H groups in total. The Morgan fingerprint density at radius 3 is 2.68 bits per heavy atom. The first kappa shape index (κ1) is 20.4. The van der Waals surface area contributed by atoms with Crippen LogP contribution < -0.4 is 14.4 Å². The van der Waals surface area contributed by atoms with Crippen LogP contribution in [0.5, 0.6) is 5.75 Å². The largest absolute Gasteiger partial charge is 0.491 e. The van der Waals surface area contributed by atoms with Gasteiger partial charge < -0.3 is 14.4 Å². The fraction of sp³-hybridized carbons (Fsp3) is 0.444. The van der Waals surface area contributed by atoms with Gasteiger partial charge in [-0.05, 0) is 32.0 Å². The van der Waals surface area contributed by atoms with Crippen molar-refractivity contribution in [2.24, 2.45) is 0 Å². The summed E-state index contributed by atoms with van der Waals surface area (Å²) in [6.07, 6.45) is 0. The van der Waals surface area contributed by atoms with E-state index in [1.54, 1.807) is 6.92 Å². The predicted octanol–water partition coefficient (Wildman–Crippen LogP) is 1.64. The zero-order valence-electron chi connectivity index (χ0n) is 15.8. The molecule has 0 bridgehead atoms. The smallest absolute Gasteiger partial charge is 0.241 e. The molecule has 2 aromatic rings. The highest BCUT2D eigenvalue weighted by Crippen LogP contribution is 2.21. The van der Waals surface area contributed by atoms with E-state index in [0.29, 0.717) is 32.1 Å². The van der Waals surface area contributed by atoms with Crippen molar-refractivity contribution in [3.05, 3.63) is 41.6 Å². The number of hydrogen-bond acceptors (Lipinski definition) is 7. The number of aryl methyl sites for hydroxylation is 1. The number of rotatable bonds is 7. The van der Waals surface area contributed by atoms with Crippen LogP contribution >= 0.6 is 0 Å². The number of nitrogens with one attached hydrogen (secondary N) is 1. The molecule has 1 aliphatic heterocycles. The minimum Gasteiger partial charge on any atom is -0.491 e. The Morgan fingerprint density at radius 1 is 1.25 bits per heavy atom. The average Bonchev–Trinajstić information content (AvgIpc) is 2.68. The Morgan fingerprint density at radius 2 is 2.00 bits per heavy atom. The van der Waals surface area contributed by atoms with E-state index in [-0.39, 0.29) is 23.8 Å². The van der Waals surface area contributed by atoms with Crippen LogP contribution in [0.1, 0.15) is 18.4 Å². The number of halogens is 1. The highest BCUT2D eigenvalue weighted by atomic mass is 32.2. The fourth-order valence-corrected chi connectivity index (χ4v) is 3.80. The summed E-state index contributed by atoms with van der Waals surface area (Å²) in [5.41, 5.74) is 0.734. The lowest BCUT2D eigenvalue weighted by Crippen LogP contribution is -2.37. The summed E-state index contributed by atoms with van der Waals surface area (Å²) in [4.78, 5) is 10.6. The zero-order valence-corrected chi connectivity index (χ0v) is 16.6. The molecule has 2 heterocycles. The van der Waals surface area contributed by atoms with E-state index >= 15 is 0 Å². The molecule has 1 aromatic carbocycles. The van der Waals surface area contributed by atoms with Crippen molar-refractivity contribution in [3.8, 4) is 5.75 Å². The van der Waals surface area contributed by atoms with Gasteiger partial charge in [0.2, 0.25) is 10.0 Å². The van der Waals surface area contributed by atoms with Gasteiger partial charge in [0.05, 0.1) is 31.3 Å². The van der Waals surface area contributed by atoms with Gasteiger partial charge in [-0.15, -0.1) is 0 Å². The van der Waals surface area contributed by atoms with Crippen LogP contribution in [0.15, 0.2) is 29.2 Å². The average molecular weight is 410 g/mol. The fourth-order valence-electron chi connectivity index (χ4n) is 2.81. The topological polar surface area (TPSA) is 93.7 Å². The standard InChI is InChI=1S/C18H23FN4O4S/c1-3-27-16-5-4-14(11-15(16)19)28(24,25)20-12-17-21-13(2)10-18(22-17)23-6-8-26-9-7-23/h4-5,10-11,20H,3,6-9,12H2,1-2H3. The highest BCUT2D eigenvalue weighted by Gasteiger charge is 2.19. The number of ether oxygens (including phenoxy) is 2. The first-order chi connectivity index (χ1) is 13.4. The van der Waals surface area contributed by atoms with E-state index in [0.717, 1.165) is 17.6 Å². The van der Waals surface area contributed by atoms with Gasteiger partial charge in [-0.2, -0.15) is 0 Å². The van der Waals surface area contributed by atoms with Gasteiger partial charge in [-0.3, -0.25) is 0 Å². The summed E-state index contributed by atoms with van der Waals surface area (Å²) < 4.78 is 51.8. The van der Waals surface area contributed by atoms with Crippen LogP contribution in [0.2, 0.25) is 0 Å². The molecule has 0 atom stereocenters. The summed E-state index contributed by atoms with van der Waals surface area (Å²) in [7, 11) is -3.92. The Bertz CT molecular complexity index is 933. The van der Waals surface area contributed by atoms with Crippen molar-refractivity contribution in [2.45, 2.75) is 25.3 Å². The van der Waals surface area contributed by atoms with Gasteiger partial charge in [-0.25, -0.2) is 27.5 Å². The third-order valence-electron chi connectivity index (χ3n) is 4.16. The molecule has 0 unspecified atom stereocenters. The zero-order chi connectivity index (χ0) is 20.1. The van der Waals surface area contributed by atoms with Crippen LogP contribution in [0, 0.1) is 12.7 Å². The van der Waals surface area contributed by atoms with Gasteiger partial charge in [0.25, 0.3) is 0 Å². The Labute approximate surface area is 163 Å². The summed E-state index contributed by atoms with van der Waals surface area (Å²) in [6, 6.07) is 5.38. The first-order valence-corrected chi connectivity index (χ1v) is 10.5. The maximum absolute atomic E-state index is 14.0. The monoisotopic (exact) mass is 410 g/mol. The van der Waals surface area contributed by atoms with Gasteiger partial charge >= 0.3 is 0 Å². The van der Waals surface area contributed by atoms with Crippen molar-refractivity contribution in [3.63, 3.8) is 0 Å². The van der Waals surface area contributed by atoms with Crippen LogP contribution in [0.4, 0.5) is 10.2 Å². The number of aromatic nitrogens is 2. The lowest BCUT2D eigenvalue weighted by molar-refractivity contribution is 0.122. The van der Waals surface area contributed by atoms with Gasteiger partial charge in [0.15, 0.2) is 11.6 Å². The summed E-state index contributed by atoms with van der Waals surface area (Å²) >= 11 is 0. The van der Waals surface area contributed by atoms with Crippen molar-refractivity contribution in [1.82, 2.24) is 14.7 Å². The Hall–Kier alpha value is -2.30. The number of hydrogen-bond donors (Lipinski definition) is 1. The third-order valence-corrected chi connectivity index (χ3v) is 5.55. The third kappa shape index (κ3) is 4.94. The van der Waals surface area contributed by atoms with E-state index in [9.17, 15) is 12.8 Å². The molecule has 1 fully saturated rings. The summed E-state index contributed by atoms with van der Waals surface area (Å²) in [5, 5.41) is 0. The second-order valence-corrected chi connectivity index (χ2v) is 8.00. The van der Waals surface area contributed by atoms with Crippen molar-refractivity contribution < 1.29 is 22.3 Å². The summed E-state index contributed by atoms with van der Waals surface area (Å²) in [6.45, 7) is 6.40. The lowest BCUT2D eigenvalue weighted by atomic mass is 10.3. The maximum atomic E-state index is 14.0. The number of morpholine rings is 1. The van der Waals surface area contributed by atoms with Gasteiger partial charge in [0, 0.05) is 24.8 Å². The van der Waals surface area contributed by atoms with E-state index in [4.69, 9.17) is 9.47 Å². The van der Waals surface area contributed by atoms with Crippen LogP contribution in [0.3, 0.4) is 0 Å². The van der Waals surface area contributed by atoms with Crippen LogP contribution in [-0.2, 0) is 21.3 Å². The van der Waals surface area contributed by atoms with Crippen LogP contribution in [0.25, 0.3) is 0 Å². The molecule has 0 saturated carbocycles. The molecule has 28 heavy (non-hydrogen) atoms. The molecule has 1 saturated heterocycles. The number of benzene rings is 1. The maximum Gasteiger partial charge on any atom is 0.241 e. The first-order valence-electron chi connectivity index (χ1n) is 8.98. The van der Waals surface area contributed by atoms with Gasteiger partial charge in [-0.1, -0.05) is 0 Å². The SMILES string of the molecule is CCOc1ccc(S(=O)(=O)NCc2nc(C)cc(N3CCOCC3)n2)cc1F. The molecule has 0 aliphatic carbocycles. The van der Waals surface area contributed by atoms with E-state index in [2.05, 4.69) is 19.6 Å². The lowest BCUT2D eigenvalue weighted by Gasteiger charge is -2.28. The van der Waals surface area contributed by atoms with Crippen molar-refractivity contribution >= 4 is 15.8 Å². The molecule has 0 radical (unpaired) electrons. The second-order valence-electron chi connectivity index (χ2n) is 6.23. The van der Waals surface area contributed by atoms with Crippen molar-refractivity contribution in [2.75, 3.05) is 37.8 Å². The number of sulfonamides is 1. The molecule has 0 amide bonds. The molecule has 8 nitrogen and oxygen atoms in total. The molecule has 1 aliphatic rings. The normalized spacial score (nSPS) is 14.9. The minimum atomic E-state index is -3.92. The van der Waals surface area contributed by atoms with Crippen LogP contribution in [-0.4, -0.2) is 51.3 Å². The molecular weight excluding hydrogens is 387 g/mol. The minimum absolute atomic E-state index is 0.0126. The van der Waals surface area contributed by atoms with Crippen molar-refractivity contribution in [1.29, 1.82) is 0 Å².